The average Bonchev–Trinajstić information content (AvgIpc) is 2.48. The molecule has 21 heavy (non-hydrogen) atoms. The highest BCUT2D eigenvalue weighted by Gasteiger charge is 2.29. The van der Waals surface area contributed by atoms with Crippen LogP contribution in [0.2, 0.25) is 0 Å². The van der Waals surface area contributed by atoms with E-state index in [2.05, 4.69) is 12.1 Å². The van der Waals surface area contributed by atoms with Crippen LogP contribution in [0.3, 0.4) is 0 Å². The fourth-order valence-electron chi connectivity index (χ4n) is 2.94. The van der Waals surface area contributed by atoms with Crippen molar-refractivity contribution in [2.75, 3.05) is 0 Å². The summed E-state index contributed by atoms with van der Waals surface area (Å²) in [4.78, 5) is 11.6. The van der Waals surface area contributed by atoms with E-state index in [0.29, 0.717) is 12.3 Å². The smallest absolute Gasteiger partial charge is 0.305 e. The number of ether oxygens (including phenoxy) is 2. The second-order valence-electron chi connectivity index (χ2n) is 6.01. The second-order valence-corrected chi connectivity index (χ2v) is 6.01. The van der Waals surface area contributed by atoms with Crippen molar-refractivity contribution in [3.8, 4) is 5.75 Å². The summed E-state index contributed by atoms with van der Waals surface area (Å²) in [6.07, 6.45) is 5.07. The minimum absolute atomic E-state index is 0.0306. The van der Waals surface area contributed by atoms with Crippen molar-refractivity contribution in [1.82, 2.24) is 0 Å². The molecule has 1 aromatic carbocycles. The van der Waals surface area contributed by atoms with E-state index in [0.717, 1.165) is 25.0 Å². The number of hydrogen-bond donors (Lipinski definition) is 0. The van der Waals surface area contributed by atoms with E-state index in [1.165, 1.54) is 12.0 Å². The van der Waals surface area contributed by atoms with Crippen LogP contribution in [-0.4, -0.2) is 18.2 Å². The van der Waals surface area contributed by atoms with Crippen LogP contribution in [0.15, 0.2) is 24.3 Å². The Hall–Kier alpha value is -1.51. The molecule has 0 aliphatic heterocycles. The van der Waals surface area contributed by atoms with Gasteiger partial charge >= 0.3 is 5.97 Å². The Kier molecular flexibility index (Phi) is 5.66. The second kappa shape index (κ2) is 7.48. The lowest BCUT2D eigenvalue weighted by Crippen LogP contribution is -2.28. The quantitative estimate of drug-likeness (QED) is 0.751. The van der Waals surface area contributed by atoms with Gasteiger partial charge in [-0.1, -0.05) is 25.5 Å². The number of rotatable bonds is 5. The van der Waals surface area contributed by atoms with E-state index in [1.54, 1.807) is 0 Å². The van der Waals surface area contributed by atoms with Gasteiger partial charge in [-0.15, -0.1) is 0 Å². The Bertz CT molecular complexity index is 450. The zero-order valence-electron chi connectivity index (χ0n) is 13.3. The maximum absolute atomic E-state index is 11.6. The summed E-state index contributed by atoms with van der Waals surface area (Å²) in [7, 11) is 0. The molecule has 0 radical (unpaired) electrons. The molecule has 0 unspecified atom stereocenters. The lowest BCUT2D eigenvalue weighted by atomic mass is 9.81. The van der Waals surface area contributed by atoms with E-state index >= 15 is 0 Å². The highest BCUT2D eigenvalue weighted by molar-refractivity contribution is 5.69. The number of carbonyl (C=O) groups is 1. The third kappa shape index (κ3) is 4.48. The Morgan fingerprint density at radius 1 is 1.19 bits per heavy atom. The van der Waals surface area contributed by atoms with Crippen LogP contribution in [0.25, 0.3) is 0 Å². The van der Waals surface area contributed by atoms with Crippen LogP contribution in [0, 0.1) is 0 Å². The van der Waals surface area contributed by atoms with Crippen molar-refractivity contribution in [1.29, 1.82) is 0 Å². The fourth-order valence-corrected chi connectivity index (χ4v) is 2.94. The highest BCUT2D eigenvalue weighted by atomic mass is 16.5. The molecule has 116 valence electrons. The lowest BCUT2D eigenvalue weighted by molar-refractivity contribution is -0.151. The Morgan fingerprint density at radius 2 is 1.86 bits per heavy atom. The predicted molar refractivity (Wildman–Crippen MR) is 83.6 cm³/mol. The summed E-state index contributed by atoms with van der Waals surface area (Å²) in [5, 5.41) is 0. The van der Waals surface area contributed by atoms with Crippen LogP contribution < -0.4 is 4.74 Å². The monoisotopic (exact) mass is 290 g/mol. The molecule has 1 saturated carbocycles. The van der Waals surface area contributed by atoms with Gasteiger partial charge < -0.3 is 9.47 Å². The van der Waals surface area contributed by atoms with Crippen LogP contribution in [-0.2, 0) is 9.53 Å². The zero-order valence-corrected chi connectivity index (χ0v) is 13.3. The minimum atomic E-state index is -0.0911. The number of benzene rings is 1. The number of esters is 1. The van der Waals surface area contributed by atoms with Crippen molar-refractivity contribution in [3.63, 3.8) is 0 Å². The first-order valence-corrected chi connectivity index (χ1v) is 8.06. The predicted octanol–water partition coefficient (Wildman–Crippen LogP) is 4.45. The molecular formula is C18H26O3. The van der Waals surface area contributed by atoms with E-state index < -0.39 is 0 Å². The first kappa shape index (κ1) is 15.9. The molecule has 3 nitrogen and oxygen atoms in total. The van der Waals surface area contributed by atoms with E-state index in [4.69, 9.17) is 9.47 Å². The molecule has 1 aromatic rings. The van der Waals surface area contributed by atoms with Crippen LogP contribution in [0.5, 0.6) is 5.75 Å². The van der Waals surface area contributed by atoms with E-state index in [1.807, 2.05) is 32.9 Å². The molecule has 0 saturated heterocycles. The maximum Gasteiger partial charge on any atom is 0.305 e. The standard InChI is InChI=1S/C18H26O3/c1-4-18(19)21-17-8-6-5-7-16(17)14-9-11-15(12-10-14)20-13(2)3/h9-13,16-17H,4-8H2,1-3H3/t16-,17+/m1/s1. The summed E-state index contributed by atoms with van der Waals surface area (Å²) in [5.74, 6) is 1.13. The van der Waals surface area contributed by atoms with E-state index in [9.17, 15) is 4.79 Å². The maximum atomic E-state index is 11.6. The Morgan fingerprint density at radius 3 is 2.48 bits per heavy atom. The van der Waals surface area contributed by atoms with Crippen LogP contribution in [0.4, 0.5) is 0 Å². The molecule has 0 heterocycles. The Labute approximate surface area is 127 Å². The van der Waals surface area contributed by atoms with Crippen molar-refractivity contribution in [2.24, 2.45) is 0 Å². The first-order valence-electron chi connectivity index (χ1n) is 8.06. The van der Waals surface area contributed by atoms with Crippen molar-refractivity contribution >= 4 is 5.97 Å². The summed E-state index contributed by atoms with van der Waals surface area (Å²) in [5.41, 5.74) is 1.25. The van der Waals surface area contributed by atoms with Crippen molar-refractivity contribution in [3.05, 3.63) is 29.8 Å². The third-order valence-electron chi connectivity index (χ3n) is 3.95. The molecule has 2 atom stereocenters. The molecule has 1 aliphatic carbocycles. The molecule has 2 rings (SSSR count). The third-order valence-corrected chi connectivity index (χ3v) is 3.95. The normalized spacial score (nSPS) is 22.1. The van der Waals surface area contributed by atoms with Gasteiger partial charge in [-0.05, 0) is 50.8 Å². The summed E-state index contributed by atoms with van der Waals surface area (Å²) >= 11 is 0. The summed E-state index contributed by atoms with van der Waals surface area (Å²) in [6, 6.07) is 8.26. The molecular weight excluding hydrogens is 264 g/mol. The van der Waals surface area contributed by atoms with Gasteiger partial charge in [0, 0.05) is 12.3 Å². The van der Waals surface area contributed by atoms with Crippen molar-refractivity contribution < 1.29 is 14.3 Å². The molecule has 0 bridgehead atoms. The summed E-state index contributed by atoms with van der Waals surface area (Å²) in [6.45, 7) is 5.89. The number of hydrogen-bond acceptors (Lipinski definition) is 3. The lowest BCUT2D eigenvalue weighted by Gasteiger charge is -2.31. The molecule has 1 fully saturated rings. The largest absolute Gasteiger partial charge is 0.491 e. The molecule has 1 aliphatic rings. The van der Waals surface area contributed by atoms with Gasteiger partial charge in [-0.2, -0.15) is 0 Å². The van der Waals surface area contributed by atoms with Gasteiger partial charge in [0.15, 0.2) is 0 Å². The minimum Gasteiger partial charge on any atom is -0.491 e. The summed E-state index contributed by atoms with van der Waals surface area (Å²) < 4.78 is 11.3. The molecule has 3 heteroatoms. The van der Waals surface area contributed by atoms with Gasteiger partial charge in [0.05, 0.1) is 6.10 Å². The SMILES string of the molecule is CCC(=O)O[C@H]1CCCC[C@@H]1c1ccc(OC(C)C)cc1. The average molecular weight is 290 g/mol. The molecule has 0 amide bonds. The highest BCUT2D eigenvalue weighted by Crippen LogP contribution is 2.35. The van der Waals surface area contributed by atoms with Gasteiger partial charge in [0.1, 0.15) is 11.9 Å². The first-order chi connectivity index (χ1) is 10.1. The zero-order chi connectivity index (χ0) is 15.2. The van der Waals surface area contributed by atoms with E-state index in [-0.39, 0.29) is 18.2 Å². The van der Waals surface area contributed by atoms with Gasteiger partial charge in [0.2, 0.25) is 0 Å². The Balaban J connectivity index is 2.07. The van der Waals surface area contributed by atoms with Gasteiger partial charge in [-0.3, -0.25) is 4.79 Å². The van der Waals surface area contributed by atoms with Crippen LogP contribution >= 0.6 is 0 Å². The molecule has 0 N–H and O–H groups in total. The van der Waals surface area contributed by atoms with Gasteiger partial charge in [-0.25, -0.2) is 0 Å². The number of carbonyl (C=O) groups excluding carboxylic acids is 1. The van der Waals surface area contributed by atoms with Crippen molar-refractivity contribution in [2.45, 2.75) is 71.0 Å². The van der Waals surface area contributed by atoms with Gasteiger partial charge in [0.25, 0.3) is 0 Å². The molecule has 0 aromatic heterocycles. The van der Waals surface area contributed by atoms with Crippen LogP contribution in [0.1, 0.15) is 64.4 Å². The topological polar surface area (TPSA) is 35.5 Å². The molecule has 0 spiro atoms. The fraction of sp³-hybridized carbons (Fsp3) is 0.611.